The standard InChI is InChI=1S/C23H28N4S2/c1-15-12-22(27-26-15)25-17-10-11-19(20(13-17)28-18-8-5-9-18)21-14-24-23(29-21)16-6-3-2-4-7-16/h10-14,16,18H,2-9H2,1H3,(H2,25,26,27). The normalized spacial score (nSPS) is 18.0. The molecule has 0 spiro atoms. The molecular weight excluding hydrogens is 396 g/mol. The Labute approximate surface area is 180 Å². The van der Waals surface area contributed by atoms with Crippen LogP contribution in [-0.4, -0.2) is 20.4 Å². The van der Waals surface area contributed by atoms with Crippen LogP contribution in [-0.2, 0) is 0 Å². The predicted octanol–water partition coefficient (Wildman–Crippen LogP) is 7.28. The zero-order valence-corrected chi connectivity index (χ0v) is 18.5. The molecule has 2 aliphatic rings. The fraction of sp³-hybridized carbons (Fsp3) is 0.478. The SMILES string of the molecule is Cc1cc(Nc2ccc(-c3cnc(C4CCCCC4)s3)c(SC3CCC3)c2)n[nH]1. The summed E-state index contributed by atoms with van der Waals surface area (Å²) in [4.78, 5) is 7.52. The number of nitrogens with zero attached hydrogens (tertiary/aromatic N) is 2. The van der Waals surface area contributed by atoms with Crippen LogP contribution < -0.4 is 5.32 Å². The molecule has 5 rings (SSSR count). The second kappa shape index (κ2) is 8.52. The number of aromatic amines is 1. The molecule has 2 N–H and O–H groups in total. The molecule has 0 radical (unpaired) electrons. The molecule has 0 unspecified atom stereocenters. The smallest absolute Gasteiger partial charge is 0.152 e. The first kappa shape index (κ1) is 19.2. The number of hydrogen-bond acceptors (Lipinski definition) is 5. The molecule has 2 heterocycles. The highest BCUT2D eigenvalue weighted by molar-refractivity contribution is 8.00. The minimum atomic E-state index is 0.675. The first-order valence-electron chi connectivity index (χ1n) is 10.8. The zero-order valence-electron chi connectivity index (χ0n) is 16.9. The number of hydrogen-bond donors (Lipinski definition) is 2. The third kappa shape index (κ3) is 4.38. The van der Waals surface area contributed by atoms with Crippen LogP contribution >= 0.6 is 23.1 Å². The van der Waals surface area contributed by atoms with E-state index in [0.717, 1.165) is 22.4 Å². The van der Waals surface area contributed by atoms with E-state index in [-0.39, 0.29) is 0 Å². The third-order valence-corrected chi connectivity index (χ3v) is 8.64. The number of anilines is 2. The number of aryl methyl sites for hydroxylation is 1. The lowest BCUT2D eigenvalue weighted by Gasteiger charge is -2.25. The molecular formula is C23H28N4S2. The summed E-state index contributed by atoms with van der Waals surface area (Å²) in [5, 5.41) is 12.9. The monoisotopic (exact) mass is 424 g/mol. The Balaban J connectivity index is 1.42. The lowest BCUT2D eigenvalue weighted by atomic mass is 9.90. The van der Waals surface area contributed by atoms with Gasteiger partial charge >= 0.3 is 0 Å². The second-order valence-electron chi connectivity index (χ2n) is 8.34. The summed E-state index contributed by atoms with van der Waals surface area (Å²) in [5.41, 5.74) is 3.50. The summed E-state index contributed by atoms with van der Waals surface area (Å²) in [6.45, 7) is 2.02. The van der Waals surface area contributed by atoms with E-state index >= 15 is 0 Å². The zero-order chi connectivity index (χ0) is 19.6. The molecule has 152 valence electrons. The maximum absolute atomic E-state index is 4.84. The van der Waals surface area contributed by atoms with Crippen LogP contribution in [0, 0.1) is 6.92 Å². The number of nitrogens with one attached hydrogen (secondary N) is 2. The summed E-state index contributed by atoms with van der Waals surface area (Å²) in [5.74, 6) is 1.54. The van der Waals surface area contributed by atoms with E-state index in [9.17, 15) is 0 Å². The first-order valence-corrected chi connectivity index (χ1v) is 12.5. The summed E-state index contributed by atoms with van der Waals surface area (Å²) in [6, 6.07) is 8.76. The maximum atomic E-state index is 4.84. The van der Waals surface area contributed by atoms with E-state index in [0.29, 0.717) is 5.92 Å². The average Bonchev–Trinajstić information content (AvgIpc) is 3.35. The third-order valence-electron chi connectivity index (χ3n) is 6.05. The number of rotatable bonds is 6. The Morgan fingerprint density at radius 3 is 2.66 bits per heavy atom. The lowest BCUT2D eigenvalue weighted by molar-refractivity contribution is 0.442. The molecule has 0 saturated heterocycles. The van der Waals surface area contributed by atoms with E-state index in [1.165, 1.54) is 71.7 Å². The van der Waals surface area contributed by atoms with E-state index in [1.807, 2.05) is 36.1 Å². The van der Waals surface area contributed by atoms with Gasteiger partial charge in [0.2, 0.25) is 0 Å². The molecule has 0 atom stereocenters. The highest BCUT2D eigenvalue weighted by Crippen LogP contribution is 2.44. The molecule has 0 bridgehead atoms. The van der Waals surface area contributed by atoms with Gasteiger partial charge in [0.15, 0.2) is 5.82 Å². The molecule has 3 aromatic rings. The number of aromatic nitrogens is 3. The fourth-order valence-corrected chi connectivity index (χ4v) is 6.77. The van der Waals surface area contributed by atoms with Crippen molar-refractivity contribution in [2.75, 3.05) is 5.32 Å². The van der Waals surface area contributed by atoms with Crippen molar-refractivity contribution < 1.29 is 0 Å². The van der Waals surface area contributed by atoms with Gasteiger partial charge in [0.25, 0.3) is 0 Å². The number of thioether (sulfide) groups is 1. The summed E-state index contributed by atoms with van der Waals surface area (Å²) in [7, 11) is 0. The van der Waals surface area contributed by atoms with Crippen molar-refractivity contribution in [3.8, 4) is 10.4 Å². The Morgan fingerprint density at radius 2 is 1.93 bits per heavy atom. The Bertz CT molecular complexity index is 967. The van der Waals surface area contributed by atoms with Gasteiger partial charge in [-0.25, -0.2) is 4.98 Å². The first-order chi connectivity index (χ1) is 14.2. The molecule has 2 aliphatic carbocycles. The predicted molar refractivity (Wildman–Crippen MR) is 123 cm³/mol. The Morgan fingerprint density at radius 1 is 1.07 bits per heavy atom. The minimum absolute atomic E-state index is 0.675. The van der Waals surface area contributed by atoms with Crippen molar-refractivity contribution in [1.82, 2.24) is 15.2 Å². The average molecular weight is 425 g/mol. The van der Waals surface area contributed by atoms with E-state index in [2.05, 4.69) is 39.9 Å². The van der Waals surface area contributed by atoms with Crippen molar-refractivity contribution in [2.45, 2.75) is 74.4 Å². The van der Waals surface area contributed by atoms with Crippen LogP contribution in [0.5, 0.6) is 0 Å². The van der Waals surface area contributed by atoms with E-state index in [4.69, 9.17) is 4.98 Å². The van der Waals surface area contributed by atoms with Crippen LogP contribution in [0.1, 0.15) is 68.0 Å². The van der Waals surface area contributed by atoms with Crippen LogP contribution in [0.2, 0.25) is 0 Å². The number of H-pyrrole nitrogens is 1. The van der Waals surface area contributed by atoms with Crippen molar-refractivity contribution in [2.24, 2.45) is 0 Å². The Kier molecular flexibility index (Phi) is 5.64. The van der Waals surface area contributed by atoms with Crippen LogP contribution in [0.4, 0.5) is 11.5 Å². The molecule has 2 saturated carbocycles. The summed E-state index contributed by atoms with van der Waals surface area (Å²) >= 11 is 3.95. The van der Waals surface area contributed by atoms with Gasteiger partial charge in [-0.3, -0.25) is 5.10 Å². The molecule has 2 fully saturated rings. The van der Waals surface area contributed by atoms with Crippen molar-refractivity contribution in [1.29, 1.82) is 0 Å². The van der Waals surface area contributed by atoms with Gasteiger partial charge in [-0.2, -0.15) is 5.10 Å². The topological polar surface area (TPSA) is 53.6 Å². The molecule has 1 aromatic carbocycles. The largest absolute Gasteiger partial charge is 0.339 e. The summed E-state index contributed by atoms with van der Waals surface area (Å²) < 4.78 is 0. The second-order valence-corrected chi connectivity index (χ2v) is 10.7. The van der Waals surface area contributed by atoms with Crippen LogP contribution in [0.15, 0.2) is 35.4 Å². The quantitative estimate of drug-likeness (QED) is 0.436. The van der Waals surface area contributed by atoms with Gasteiger partial charge in [-0.1, -0.05) is 31.7 Å². The molecule has 4 nitrogen and oxygen atoms in total. The van der Waals surface area contributed by atoms with E-state index in [1.54, 1.807) is 0 Å². The highest BCUT2D eigenvalue weighted by atomic mass is 32.2. The van der Waals surface area contributed by atoms with Crippen LogP contribution in [0.25, 0.3) is 10.4 Å². The van der Waals surface area contributed by atoms with Crippen molar-refractivity contribution in [3.05, 3.63) is 41.2 Å². The maximum Gasteiger partial charge on any atom is 0.152 e. The number of benzene rings is 1. The fourth-order valence-electron chi connectivity index (χ4n) is 4.15. The summed E-state index contributed by atoms with van der Waals surface area (Å²) in [6.07, 6.45) is 12.9. The number of thiazole rings is 1. The van der Waals surface area contributed by atoms with Crippen molar-refractivity contribution >= 4 is 34.6 Å². The van der Waals surface area contributed by atoms with Gasteiger partial charge < -0.3 is 5.32 Å². The minimum Gasteiger partial charge on any atom is -0.339 e. The molecule has 0 aliphatic heterocycles. The highest BCUT2D eigenvalue weighted by Gasteiger charge is 2.23. The molecule has 2 aromatic heterocycles. The molecule has 29 heavy (non-hydrogen) atoms. The Hall–Kier alpha value is -1.79. The van der Waals surface area contributed by atoms with Gasteiger partial charge in [0.1, 0.15) is 0 Å². The molecule has 6 heteroatoms. The van der Waals surface area contributed by atoms with Gasteiger partial charge in [-0.05, 0) is 44.7 Å². The van der Waals surface area contributed by atoms with Crippen molar-refractivity contribution in [3.63, 3.8) is 0 Å². The van der Waals surface area contributed by atoms with Gasteiger partial charge in [0.05, 0.1) is 9.88 Å². The van der Waals surface area contributed by atoms with Gasteiger partial charge in [-0.15, -0.1) is 23.1 Å². The van der Waals surface area contributed by atoms with E-state index < -0.39 is 0 Å². The van der Waals surface area contributed by atoms with Crippen LogP contribution in [0.3, 0.4) is 0 Å². The molecule has 0 amide bonds. The van der Waals surface area contributed by atoms with Gasteiger partial charge in [0, 0.05) is 45.3 Å². The lowest BCUT2D eigenvalue weighted by Crippen LogP contribution is -2.12.